The molecule has 2 saturated heterocycles. The molecule has 0 spiro atoms. The van der Waals surface area contributed by atoms with Crippen LogP contribution in [0.3, 0.4) is 0 Å². The minimum Gasteiger partial charge on any atom is -0.354 e. The van der Waals surface area contributed by atoms with Gasteiger partial charge in [0.2, 0.25) is 0 Å². The van der Waals surface area contributed by atoms with Gasteiger partial charge in [-0.05, 0) is 67.5 Å². The first-order valence-corrected chi connectivity index (χ1v) is 8.37. The Morgan fingerprint density at radius 2 is 1.17 bits per heavy atom. The highest BCUT2D eigenvalue weighted by molar-refractivity contribution is 4.78. The van der Waals surface area contributed by atoms with Crippen LogP contribution in [0, 0.1) is 0 Å². The third-order valence-corrected chi connectivity index (χ3v) is 4.17. The summed E-state index contributed by atoms with van der Waals surface area (Å²) in [6.07, 6.45) is 4.24. The van der Waals surface area contributed by atoms with E-state index in [1.807, 2.05) is 0 Å². The summed E-state index contributed by atoms with van der Waals surface area (Å²) in [5, 5.41) is 0. The third-order valence-electron chi connectivity index (χ3n) is 4.17. The number of likely N-dealkylation sites (tertiary alicyclic amines) is 1. The molecule has 0 saturated carbocycles. The predicted molar refractivity (Wildman–Crippen MR) is 102 cm³/mol. The maximum absolute atomic E-state index is 5.24. The monoisotopic (exact) mass is 332 g/mol. The molecule has 2 heterocycles. The Labute approximate surface area is 146 Å². The average molecular weight is 333 g/mol. The normalized spacial score (nSPS) is 21.1. The van der Waals surface area contributed by atoms with E-state index in [2.05, 4.69) is 51.3 Å². The van der Waals surface area contributed by atoms with Crippen molar-refractivity contribution >= 4 is 0 Å². The van der Waals surface area contributed by atoms with Gasteiger partial charge in [-0.2, -0.15) is 0 Å². The summed E-state index contributed by atoms with van der Waals surface area (Å²) < 4.78 is 10.4. The molecular formula is C19H44N2O2. The van der Waals surface area contributed by atoms with E-state index in [-0.39, 0.29) is 20.4 Å². The first-order chi connectivity index (χ1) is 9.71. The molecule has 0 aromatic carbocycles. The van der Waals surface area contributed by atoms with E-state index in [1.54, 1.807) is 0 Å². The van der Waals surface area contributed by atoms with Crippen molar-refractivity contribution in [2.45, 2.75) is 86.7 Å². The molecule has 0 aromatic rings. The summed E-state index contributed by atoms with van der Waals surface area (Å²) in [7, 11) is 0. The van der Waals surface area contributed by atoms with Gasteiger partial charge in [0.25, 0.3) is 0 Å². The van der Waals surface area contributed by atoms with Gasteiger partial charge in [-0.3, -0.25) is 9.80 Å². The van der Waals surface area contributed by atoms with Crippen LogP contribution < -0.4 is 0 Å². The highest BCUT2D eigenvalue weighted by atomic mass is 16.7. The molecule has 0 unspecified atom stereocenters. The molecule has 0 aromatic heterocycles. The number of hydrogen-bond acceptors (Lipinski definition) is 4. The van der Waals surface area contributed by atoms with Gasteiger partial charge in [-0.1, -0.05) is 21.3 Å². The van der Waals surface area contributed by atoms with E-state index in [4.69, 9.17) is 9.47 Å². The van der Waals surface area contributed by atoms with Crippen molar-refractivity contribution < 1.29 is 9.47 Å². The fourth-order valence-corrected chi connectivity index (χ4v) is 2.60. The molecule has 0 N–H and O–H groups in total. The average Bonchev–Trinajstić information content (AvgIpc) is 2.68. The Kier molecular flexibility index (Phi) is 12.4. The largest absolute Gasteiger partial charge is 0.354 e. The number of rotatable bonds is 0. The molecule has 0 amide bonds. The van der Waals surface area contributed by atoms with Gasteiger partial charge in [0.15, 0.2) is 0 Å². The lowest BCUT2D eigenvalue weighted by molar-refractivity contribution is -0.0596. The first kappa shape index (κ1) is 25.1. The van der Waals surface area contributed by atoms with Crippen molar-refractivity contribution in [1.29, 1.82) is 0 Å². The van der Waals surface area contributed by atoms with E-state index in [9.17, 15) is 0 Å². The van der Waals surface area contributed by atoms with Gasteiger partial charge < -0.3 is 9.47 Å². The van der Waals surface area contributed by atoms with Crippen molar-refractivity contribution in [1.82, 2.24) is 9.80 Å². The predicted octanol–water partition coefficient (Wildman–Crippen LogP) is 4.59. The van der Waals surface area contributed by atoms with E-state index in [0.29, 0.717) is 19.1 Å². The number of nitrogens with zero attached hydrogens (tertiary/aromatic N) is 2. The maximum atomic E-state index is 5.24. The van der Waals surface area contributed by atoms with Crippen molar-refractivity contribution in [3.05, 3.63) is 0 Å². The second-order valence-corrected chi connectivity index (χ2v) is 8.01. The molecule has 4 heteroatoms. The summed E-state index contributed by atoms with van der Waals surface area (Å²) in [6, 6.07) is 0. The summed E-state index contributed by atoms with van der Waals surface area (Å²) in [5.41, 5.74) is 0.591. The lowest BCUT2D eigenvalue weighted by atomic mass is 10.0. The fraction of sp³-hybridized carbons (Fsp3) is 1.00. The van der Waals surface area contributed by atoms with Crippen LogP contribution in [0.1, 0.15) is 75.7 Å². The third kappa shape index (κ3) is 10.3. The maximum Gasteiger partial charge on any atom is 0.148 e. The molecule has 0 atom stereocenters. The van der Waals surface area contributed by atoms with Crippen LogP contribution >= 0.6 is 0 Å². The molecule has 0 radical (unpaired) electrons. The molecule has 23 heavy (non-hydrogen) atoms. The summed E-state index contributed by atoms with van der Waals surface area (Å²) in [6.45, 7) is 18.9. The van der Waals surface area contributed by atoms with Crippen LogP contribution in [0.4, 0.5) is 0 Å². The van der Waals surface area contributed by atoms with Crippen LogP contribution in [0.25, 0.3) is 0 Å². The molecule has 2 fully saturated rings. The SMILES string of the molecule is C.C.CC(C)(C)N1CCCCC1.CC(C)(C)N1CCOCOC1. The second-order valence-electron chi connectivity index (χ2n) is 8.01. The van der Waals surface area contributed by atoms with Gasteiger partial charge >= 0.3 is 0 Å². The van der Waals surface area contributed by atoms with Crippen molar-refractivity contribution in [2.75, 3.05) is 39.8 Å². The zero-order valence-electron chi connectivity index (χ0n) is 15.1. The highest BCUT2D eigenvalue weighted by Crippen LogP contribution is 2.19. The van der Waals surface area contributed by atoms with E-state index in [0.717, 1.165) is 13.2 Å². The molecule has 4 nitrogen and oxygen atoms in total. The number of ether oxygens (including phenoxy) is 2. The smallest absolute Gasteiger partial charge is 0.148 e. The van der Waals surface area contributed by atoms with Crippen molar-refractivity contribution in [3.8, 4) is 0 Å². The quantitative estimate of drug-likeness (QED) is 0.647. The Morgan fingerprint density at radius 3 is 1.61 bits per heavy atom. The van der Waals surface area contributed by atoms with E-state index < -0.39 is 0 Å². The molecule has 0 bridgehead atoms. The summed E-state index contributed by atoms with van der Waals surface area (Å²) >= 11 is 0. The Balaban J connectivity index is 0. The molecule has 2 aliphatic heterocycles. The van der Waals surface area contributed by atoms with Crippen molar-refractivity contribution in [2.24, 2.45) is 0 Å². The minimum atomic E-state index is 0. The zero-order chi connectivity index (χ0) is 15.9. The van der Waals surface area contributed by atoms with Gasteiger partial charge in [-0.25, -0.2) is 0 Å². The second kappa shape index (κ2) is 11.4. The van der Waals surface area contributed by atoms with Crippen LogP contribution in [0.5, 0.6) is 0 Å². The van der Waals surface area contributed by atoms with Gasteiger partial charge in [0, 0.05) is 17.6 Å². The van der Waals surface area contributed by atoms with Crippen molar-refractivity contribution in [3.63, 3.8) is 0 Å². The highest BCUT2D eigenvalue weighted by Gasteiger charge is 2.22. The van der Waals surface area contributed by atoms with Crippen LogP contribution in [-0.2, 0) is 9.47 Å². The summed E-state index contributed by atoms with van der Waals surface area (Å²) in [5.74, 6) is 0. The van der Waals surface area contributed by atoms with Crippen LogP contribution in [0.15, 0.2) is 0 Å². The van der Waals surface area contributed by atoms with E-state index >= 15 is 0 Å². The van der Waals surface area contributed by atoms with Gasteiger partial charge in [0.1, 0.15) is 13.5 Å². The Morgan fingerprint density at radius 1 is 0.652 bits per heavy atom. The Bertz CT molecular complexity index is 268. The molecule has 2 rings (SSSR count). The lowest BCUT2D eigenvalue weighted by Gasteiger charge is -2.38. The zero-order valence-corrected chi connectivity index (χ0v) is 15.1. The lowest BCUT2D eigenvalue weighted by Crippen LogP contribution is -2.44. The first-order valence-electron chi connectivity index (χ1n) is 8.37. The molecule has 0 aliphatic carbocycles. The van der Waals surface area contributed by atoms with Gasteiger partial charge in [-0.15, -0.1) is 0 Å². The molecular weight excluding hydrogens is 288 g/mol. The van der Waals surface area contributed by atoms with E-state index in [1.165, 1.54) is 32.4 Å². The standard InChI is InChI=1S/C9H19N.C8H17NO2.2CH4/c1-9(2,3)10-7-5-4-6-8-10;1-8(2,3)9-4-5-10-7-11-6-9;;/h4-8H2,1-3H3;4-7H2,1-3H3;2*1H4. The minimum absolute atomic E-state index is 0. The molecule has 142 valence electrons. The fourth-order valence-electron chi connectivity index (χ4n) is 2.60. The van der Waals surface area contributed by atoms with Crippen LogP contribution in [-0.4, -0.2) is 60.6 Å². The Hall–Kier alpha value is -0.160. The molecule has 2 aliphatic rings. The topological polar surface area (TPSA) is 24.9 Å². The number of hydrogen-bond donors (Lipinski definition) is 0. The van der Waals surface area contributed by atoms with Crippen LogP contribution in [0.2, 0.25) is 0 Å². The summed E-state index contributed by atoms with van der Waals surface area (Å²) in [4.78, 5) is 4.84. The van der Waals surface area contributed by atoms with Gasteiger partial charge in [0.05, 0.1) is 6.61 Å². The number of piperidine rings is 1.